The van der Waals surface area contributed by atoms with Gasteiger partial charge >= 0.3 is 6.03 Å². The Morgan fingerprint density at radius 1 is 1.12 bits per heavy atom. The van der Waals surface area contributed by atoms with Crippen molar-refractivity contribution in [1.82, 2.24) is 10.3 Å². The molecule has 0 unspecified atom stereocenters. The summed E-state index contributed by atoms with van der Waals surface area (Å²) in [6, 6.07) is 12.8. The van der Waals surface area contributed by atoms with E-state index in [-0.39, 0.29) is 6.03 Å². The maximum absolute atomic E-state index is 12.2. The first-order valence-electron chi connectivity index (χ1n) is 7.95. The third-order valence-electron chi connectivity index (χ3n) is 3.70. The van der Waals surface area contributed by atoms with E-state index in [4.69, 9.17) is 9.47 Å². The highest BCUT2D eigenvalue weighted by molar-refractivity contribution is 7.13. The van der Waals surface area contributed by atoms with Crippen LogP contribution < -0.4 is 20.1 Å². The Labute approximate surface area is 155 Å². The van der Waals surface area contributed by atoms with Crippen molar-refractivity contribution in [2.75, 3.05) is 19.5 Å². The zero-order valence-electron chi connectivity index (χ0n) is 14.5. The molecule has 0 saturated heterocycles. The lowest BCUT2D eigenvalue weighted by Gasteiger charge is -2.11. The molecule has 1 heterocycles. The number of methoxy groups -OCH3 is 2. The molecule has 0 spiro atoms. The monoisotopic (exact) mass is 369 g/mol. The predicted octanol–water partition coefficient (Wildman–Crippen LogP) is 4.15. The molecule has 3 rings (SSSR count). The van der Waals surface area contributed by atoms with Crippen LogP contribution in [-0.2, 0) is 6.54 Å². The molecule has 134 valence electrons. The van der Waals surface area contributed by atoms with Crippen molar-refractivity contribution in [3.8, 4) is 22.1 Å². The van der Waals surface area contributed by atoms with Crippen molar-refractivity contribution < 1.29 is 14.3 Å². The van der Waals surface area contributed by atoms with Gasteiger partial charge in [0.15, 0.2) is 11.5 Å². The molecule has 26 heavy (non-hydrogen) atoms. The number of carbonyl (C=O) groups excluding carboxylic acids is 1. The number of aromatic nitrogens is 1. The van der Waals surface area contributed by atoms with E-state index < -0.39 is 0 Å². The van der Waals surface area contributed by atoms with E-state index in [1.807, 2.05) is 47.8 Å². The Balaban J connectivity index is 1.60. The first-order chi connectivity index (χ1) is 12.7. The topological polar surface area (TPSA) is 72.5 Å². The minimum absolute atomic E-state index is 0.281. The minimum atomic E-state index is -0.281. The van der Waals surface area contributed by atoms with Crippen molar-refractivity contribution in [3.05, 3.63) is 59.6 Å². The number of hydrogen-bond donors (Lipinski definition) is 2. The molecule has 1 aromatic heterocycles. The van der Waals surface area contributed by atoms with Gasteiger partial charge in [-0.05, 0) is 29.8 Å². The number of anilines is 1. The highest BCUT2D eigenvalue weighted by atomic mass is 32.1. The molecule has 0 bridgehead atoms. The van der Waals surface area contributed by atoms with Gasteiger partial charge in [-0.25, -0.2) is 9.78 Å². The van der Waals surface area contributed by atoms with E-state index in [9.17, 15) is 4.79 Å². The fourth-order valence-electron chi connectivity index (χ4n) is 2.44. The molecular formula is C19H19N3O3S. The number of benzene rings is 2. The maximum atomic E-state index is 12.2. The van der Waals surface area contributed by atoms with E-state index >= 15 is 0 Å². The smallest absolute Gasteiger partial charge is 0.319 e. The highest BCUT2D eigenvalue weighted by Crippen LogP contribution is 2.27. The van der Waals surface area contributed by atoms with Crippen LogP contribution in [0.2, 0.25) is 0 Å². The molecule has 0 radical (unpaired) electrons. The van der Waals surface area contributed by atoms with Gasteiger partial charge in [0, 0.05) is 29.4 Å². The van der Waals surface area contributed by atoms with Crippen LogP contribution in [0.25, 0.3) is 10.6 Å². The summed E-state index contributed by atoms with van der Waals surface area (Å²) in [5.41, 5.74) is 2.59. The van der Waals surface area contributed by atoms with E-state index in [1.54, 1.807) is 31.8 Å². The fraction of sp³-hybridized carbons (Fsp3) is 0.158. The largest absolute Gasteiger partial charge is 0.493 e. The molecule has 0 atom stereocenters. The molecule has 0 aliphatic carbocycles. The molecule has 2 N–H and O–H groups in total. The van der Waals surface area contributed by atoms with Gasteiger partial charge in [0.05, 0.1) is 14.2 Å². The Bertz CT molecular complexity index is 881. The van der Waals surface area contributed by atoms with Crippen LogP contribution in [0, 0.1) is 0 Å². The second kappa shape index (κ2) is 8.35. The molecule has 7 heteroatoms. The number of nitrogens with zero attached hydrogens (tertiary/aromatic N) is 1. The van der Waals surface area contributed by atoms with Crippen molar-refractivity contribution in [3.63, 3.8) is 0 Å². The van der Waals surface area contributed by atoms with Crippen LogP contribution in [0.15, 0.2) is 54.0 Å². The van der Waals surface area contributed by atoms with E-state index in [1.165, 1.54) is 0 Å². The van der Waals surface area contributed by atoms with Gasteiger partial charge in [-0.15, -0.1) is 11.3 Å². The normalized spacial score (nSPS) is 10.2. The number of thiazole rings is 1. The maximum Gasteiger partial charge on any atom is 0.319 e. The zero-order chi connectivity index (χ0) is 18.4. The molecule has 2 aromatic carbocycles. The van der Waals surface area contributed by atoms with Crippen LogP contribution >= 0.6 is 11.3 Å². The SMILES string of the molecule is COc1ccc(CNC(=O)Nc2cccc(-c3nccs3)c2)cc1OC. The lowest BCUT2D eigenvalue weighted by Crippen LogP contribution is -2.28. The first kappa shape index (κ1) is 17.8. The summed E-state index contributed by atoms with van der Waals surface area (Å²) in [6.45, 7) is 0.373. The number of ether oxygens (including phenoxy) is 2. The number of urea groups is 1. The highest BCUT2D eigenvalue weighted by Gasteiger charge is 2.07. The Morgan fingerprint density at radius 2 is 1.96 bits per heavy atom. The van der Waals surface area contributed by atoms with Crippen molar-refractivity contribution in [2.24, 2.45) is 0 Å². The lowest BCUT2D eigenvalue weighted by atomic mass is 10.2. The van der Waals surface area contributed by atoms with Crippen LogP contribution in [0.3, 0.4) is 0 Å². The third kappa shape index (κ3) is 4.31. The quantitative estimate of drug-likeness (QED) is 0.685. The molecule has 3 aromatic rings. The summed E-state index contributed by atoms with van der Waals surface area (Å²) >= 11 is 1.56. The Morgan fingerprint density at radius 3 is 2.69 bits per heavy atom. The Kier molecular flexibility index (Phi) is 5.70. The number of amides is 2. The Hall–Kier alpha value is -3.06. The second-order valence-corrected chi connectivity index (χ2v) is 6.31. The van der Waals surface area contributed by atoms with Gasteiger partial charge < -0.3 is 20.1 Å². The number of hydrogen-bond acceptors (Lipinski definition) is 5. The number of carbonyl (C=O) groups is 1. The minimum Gasteiger partial charge on any atom is -0.493 e. The molecule has 0 saturated carbocycles. The third-order valence-corrected chi connectivity index (χ3v) is 4.52. The molecule has 6 nitrogen and oxygen atoms in total. The van der Waals surface area contributed by atoms with Crippen molar-refractivity contribution in [2.45, 2.75) is 6.54 Å². The van der Waals surface area contributed by atoms with Gasteiger partial charge in [0.25, 0.3) is 0 Å². The van der Waals surface area contributed by atoms with Gasteiger partial charge in [0.2, 0.25) is 0 Å². The van der Waals surface area contributed by atoms with E-state index in [0.717, 1.165) is 16.1 Å². The predicted molar refractivity (Wildman–Crippen MR) is 103 cm³/mol. The first-order valence-corrected chi connectivity index (χ1v) is 8.83. The molecule has 0 fully saturated rings. The molecule has 0 aliphatic heterocycles. The number of nitrogens with one attached hydrogen (secondary N) is 2. The fourth-order valence-corrected chi connectivity index (χ4v) is 3.08. The lowest BCUT2D eigenvalue weighted by molar-refractivity contribution is 0.251. The summed E-state index contributed by atoms with van der Waals surface area (Å²) in [7, 11) is 3.17. The van der Waals surface area contributed by atoms with E-state index in [2.05, 4.69) is 15.6 Å². The summed E-state index contributed by atoms with van der Waals surface area (Å²) < 4.78 is 10.5. The van der Waals surface area contributed by atoms with Gasteiger partial charge in [-0.1, -0.05) is 18.2 Å². The van der Waals surface area contributed by atoms with E-state index in [0.29, 0.717) is 23.7 Å². The zero-order valence-corrected chi connectivity index (χ0v) is 15.3. The molecular weight excluding hydrogens is 350 g/mol. The van der Waals surface area contributed by atoms with Gasteiger partial charge in [0.1, 0.15) is 5.01 Å². The van der Waals surface area contributed by atoms with Gasteiger partial charge in [-0.2, -0.15) is 0 Å². The second-order valence-electron chi connectivity index (χ2n) is 5.42. The number of rotatable bonds is 6. The van der Waals surface area contributed by atoms with Crippen LogP contribution in [0.1, 0.15) is 5.56 Å². The summed E-state index contributed by atoms with van der Waals surface area (Å²) in [4.78, 5) is 16.5. The standard InChI is InChI=1S/C19H19N3O3S/c1-24-16-7-6-13(10-17(16)25-2)12-21-19(23)22-15-5-3-4-14(11-15)18-20-8-9-26-18/h3-11H,12H2,1-2H3,(H2,21,22,23). The summed E-state index contributed by atoms with van der Waals surface area (Å²) in [5, 5.41) is 8.51. The molecule has 2 amide bonds. The summed E-state index contributed by atoms with van der Waals surface area (Å²) in [6.07, 6.45) is 1.76. The van der Waals surface area contributed by atoms with Crippen molar-refractivity contribution in [1.29, 1.82) is 0 Å². The van der Waals surface area contributed by atoms with Crippen LogP contribution in [0.5, 0.6) is 11.5 Å². The average Bonchev–Trinajstić information content (AvgIpc) is 3.21. The van der Waals surface area contributed by atoms with Crippen LogP contribution in [-0.4, -0.2) is 25.2 Å². The van der Waals surface area contributed by atoms with Crippen LogP contribution in [0.4, 0.5) is 10.5 Å². The summed E-state index contributed by atoms with van der Waals surface area (Å²) in [5.74, 6) is 1.28. The van der Waals surface area contributed by atoms with Crippen molar-refractivity contribution >= 4 is 23.1 Å². The van der Waals surface area contributed by atoms with Gasteiger partial charge in [-0.3, -0.25) is 0 Å². The average molecular weight is 369 g/mol. The molecule has 0 aliphatic rings.